The van der Waals surface area contributed by atoms with Gasteiger partial charge in [-0.3, -0.25) is 14.7 Å². The smallest absolute Gasteiger partial charge is 0.231 e. The van der Waals surface area contributed by atoms with Crippen molar-refractivity contribution in [3.63, 3.8) is 0 Å². The van der Waals surface area contributed by atoms with Crippen LogP contribution in [0.25, 0.3) is 6.08 Å². The van der Waals surface area contributed by atoms with Crippen molar-refractivity contribution in [2.24, 2.45) is 0 Å². The third kappa shape index (κ3) is 3.39. The molecule has 3 aromatic rings. The number of hydrogen-bond donors (Lipinski definition) is 0. The zero-order valence-electron chi connectivity index (χ0n) is 15.5. The lowest BCUT2D eigenvalue weighted by Crippen LogP contribution is -2.31. The summed E-state index contributed by atoms with van der Waals surface area (Å²) in [7, 11) is 0. The molecule has 0 saturated heterocycles. The number of benzene rings is 2. The second-order valence-corrected chi connectivity index (χ2v) is 7.40. The summed E-state index contributed by atoms with van der Waals surface area (Å²) in [5.41, 5.74) is 3.28. The standard InChI is InChI=1S/C23H17ClN2O3/c24-19-6-2-1-5-16(19)12-26-13-18-20(28-14-26)8-7-17-22(27)21(29-23(17)18)10-15-4-3-9-25-11-15/h1-11H,12-14H2/b21-10-. The number of nitrogens with zero attached hydrogens (tertiary/aromatic N) is 2. The molecule has 29 heavy (non-hydrogen) atoms. The van der Waals surface area contributed by atoms with Crippen LogP contribution in [-0.2, 0) is 13.1 Å². The van der Waals surface area contributed by atoms with Crippen LogP contribution in [0, 0.1) is 0 Å². The number of Topliss-reactive ketones (excluding diaryl/α,β-unsaturated/α-hetero) is 1. The molecule has 2 aliphatic heterocycles. The second-order valence-electron chi connectivity index (χ2n) is 7.00. The Balaban J connectivity index is 1.44. The number of hydrogen-bond acceptors (Lipinski definition) is 5. The Morgan fingerprint density at radius 1 is 1.14 bits per heavy atom. The van der Waals surface area contributed by atoms with Crippen LogP contribution in [0.3, 0.4) is 0 Å². The molecule has 5 nitrogen and oxygen atoms in total. The summed E-state index contributed by atoms with van der Waals surface area (Å²) in [6.07, 6.45) is 5.10. The number of ether oxygens (including phenoxy) is 2. The van der Waals surface area contributed by atoms with Gasteiger partial charge in [0.05, 0.1) is 11.1 Å². The zero-order valence-corrected chi connectivity index (χ0v) is 16.2. The minimum absolute atomic E-state index is 0.130. The van der Waals surface area contributed by atoms with Gasteiger partial charge in [0, 0.05) is 30.5 Å². The number of ketones is 1. The Morgan fingerprint density at radius 3 is 2.86 bits per heavy atom. The van der Waals surface area contributed by atoms with Crippen LogP contribution in [0.1, 0.15) is 27.0 Å². The van der Waals surface area contributed by atoms with E-state index in [1.165, 1.54) is 0 Å². The number of halogens is 1. The molecule has 0 aliphatic carbocycles. The summed E-state index contributed by atoms with van der Waals surface area (Å²) < 4.78 is 11.9. The second kappa shape index (κ2) is 7.35. The van der Waals surface area contributed by atoms with E-state index in [0.29, 0.717) is 36.9 Å². The molecule has 0 saturated carbocycles. The van der Waals surface area contributed by atoms with Crippen molar-refractivity contribution < 1.29 is 14.3 Å². The highest BCUT2D eigenvalue weighted by Crippen LogP contribution is 2.42. The van der Waals surface area contributed by atoms with E-state index in [9.17, 15) is 4.79 Å². The molecule has 6 heteroatoms. The van der Waals surface area contributed by atoms with Crippen molar-refractivity contribution in [1.29, 1.82) is 0 Å². The topological polar surface area (TPSA) is 51.7 Å². The van der Waals surface area contributed by atoms with Crippen molar-refractivity contribution in [3.8, 4) is 11.5 Å². The maximum absolute atomic E-state index is 12.8. The minimum atomic E-state index is -0.130. The highest BCUT2D eigenvalue weighted by molar-refractivity contribution is 6.31. The van der Waals surface area contributed by atoms with E-state index in [1.807, 2.05) is 42.5 Å². The Labute approximate surface area is 173 Å². The SMILES string of the molecule is O=C1/C(=C/c2cccnc2)Oc2c1ccc1c2CN(Cc2ccccc2Cl)CO1. The van der Waals surface area contributed by atoms with Gasteiger partial charge in [0.25, 0.3) is 0 Å². The molecular weight excluding hydrogens is 388 g/mol. The largest absolute Gasteiger partial charge is 0.478 e. The van der Waals surface area contributed by atoms with Gasteiger partial charge in [0.1, 0.15) is 18.2 Å². The van der Waals surface area contributed by atoms with Crippen LogP contribution in [0.4, 0.5) is 0 Å². The van der Waals surface area contributed by atoms with Crippen LogP contribution < -0.4 is 9.47 Å². The fourth-order valence-electron chi connectivity index (χ4n) is 3.59. The zero-order chi connectivity index (χ0) is 19.8. The molecule has 0 N–H and O–H groups in total. The molecule has 0 radical (unpaired) electrons. The summed E-state index contributed by atoms with van der Waals surface area (Å²) >= 11 is 6.30. The first-order valence-electron chi connectivity index (χ1n) is 9.28. The van der Waals surface area contributed by atoms with Crippen LogP contribution in [-0.4, -0.2) is 22.4 Å². The molecule has 0 unspecified atom stereocenters. The molecule has 2 aromatic carbocycles. The number of allylic oxidation sites excluding steroid dienone is 1. The number of rotatable bonds is 3. The predicted molar refractivity (Wildman–Crippen MR) is 110 cm³/mol. The predicted octanol–water partition coefficient (Wildman–Crippen LogP) is 4.70. The van der Waals surface area contributed by atoms with Gasteiger partial charge in [0.15, 0.2) is 5.76 Å². The lowest BCUT2D eigenvalue weighted by atomic mass is 10.0. The first kappa shape index (κ1) is 17.9. The van der Waals surface area contributed by atoms with Crippen LogP contribution >= 0.6 is 11.6 Å². The third-order valence-electron chi connectivity index (χ3n) is 5.02. The van der Waals surface area contributed by atoms with E-state index >= 15 is 0 Å². The van der Waals surface area contributed by atoms with Crippen molar-refractivity contribution in [3.05, 3.63) is 94.0 Å². The lowest BCUT2D eigenvalue weighted by molar-refractivity contribution is 0.0873. The number of carbonyl (C=O) groups is 1. The van der Waals surface area contributed by atoms with Crippen molar-refractivity contribution in [2.45, 2.75) is 13.1 Å². The van der Waals surface area contributed by atoms with Crippen LogP contribution in [0.15, 0.2) is 66.7 Å². The van der Waals surface area contributed by atoms with Gasteiger partial charge in [0.2, 0.25) is 5.78 Å². The Hall–Kier alpha value is -3.15. The van der Waals surface area contributed by atoms with E-state index < -0.39 is 0 Å². The van der Waals surface area contributed by atoms with Crippen LogP contribution in [0.5, 0.6) is 11.5 Å². The van der Waals surface area contributed by atoms with Crippen molar-refractivity contribution in [1.82, 2.24) is 9.88 Å². The normalized spacial score (nSPS) is 16.9. The average molecular weight is 405 g/mol. The van der Waals surface area contributed by atoms with E-state index in [1.54, 1.807) is 24.5 Å². The molecule has 144 valence electrons. The minimum Gasteiger partial charge on any atom is -0.478 e. The fourth-order valence-corrected chi connectivity index (χ4v) is 3.78. The average Bonchev–Trinajstić information content (AvgIpc) is 3.06. The first-order valence-corrected chi connectivity index (χ1v) is 9.65. The van der Waals surface area contributed by atoms with Gasteiger partial charge < -0.3 is 9.47 Å². The van der Waals surface area contributed by atoms with Gasteiger partial charge in [-0.1, -0.05) is 35.9 Å². The van der Waals surface area contributed by atoms with E-state index in [2.05, 4.69) is 9.88 Å². The molecule has 0 bridgehead atoms. The summed E-state index contributed by atoms with van der Waals surface area (Å²) in [6.45, 7) is 1.70. The molecule has 5 rings (SSSR count). The molecule has 0 atom stereocenters. The molecule has 2 aliphatic rings. The summed E-state index contributed by atoms with van der Waals surface area (Å²) in [6, 6.07) is 15.1. The van der Waals surface area contributed by atoms with Gasteiger partial charge >= 0.3 is 0 Å². The number of carbonyl (C=O) groups excluding carboxylic acids is 1. The maximum atomic E-state index is 12.8. The quantitative estimate of drug-likeness (QED) is 0.592. The third-order valence-corrected chi connectivity index (χ3v) is 5.38. The van der Waals surface area contributed by atoms with E-state index in [0.717, 1.165) is 27.5 Å². The van der Waals surface area contributed by atoms with E-state index in [-0.39, 0.29) is 5.78 Å². The number of pyridine rings is 1. The van der Waals surface area contributed by atoms with Gasteiger partial charge in [-0.15, -0.1) is 0 Å². The fraction of sp³-hybridized carbons (Fsp3) is 0.130. The molecule has 3 heterocycles. The first-order chi connectivity index (χ1) is 14.2. The molecular formula is C23H17ClN2O3. The van der Waals surface area contributed by atoms with Gasteiger partial charge in [-0.25, -0.2) is 0 Å². The number of fused-ring (bicyclic) bond motifs is 3. The molecule has 0 amide bonds. The lowest BCUT2D eigenvalue weighted by Gasteiger charge is -2.30. The van der Waals surface area contributed by atoms with Gasteiger partial charge in [-0.05, 0) is 41.5 Å². The summed E-state index contributed by atoms with van der Waals surface area (Å²) in [4.78, 5) is 19.0. The highest BCUT2D eigenvalue weighted by atomic mass is 35.5. The van der Waals surface area contributed by atoms with Gasteiger partial charge in [-0.2, -0.15) is 0 Å². The van der Waals surface area contributed by atoms with Crippen molar-refractivity contribution >= 4 is 23.5 Å². The molecule has 0 spiro atoms. The monoisotopic (exact) mass is 404 g/mol. The molecule has 0 fully saturated rings. The van der Waals surface area contributed by atoms with Crippen LogP contribution in [0.2, 0.25) is 5.02 Å². The van der Waals surface area contributed by atoms with Crippen molar-refractivity contribution in [2.75, 3.05) is 6.73 Å². The highest BCUT2D eigenvalue weighted by Gasteiger charge is 2.33. The Bertz CT molecular complexity index is 1130. The Kier molecular flexibility index (Phi) is 4.54. The maximum Gasteiger partial charge on any atom is 0.231 e. The van der Waals surface area contributed by atoms with E-state index in [4.69, 9.17) is 21.1 Å². The Morgan fingerprint density at radius 2 is 2.03 bits per heavy atom. The summed E-state index contributed by atoms with van der Waals surface area (Å²) in [5.74, 6) is 1.49. The summed E-state index contributed by atoms with van der Waals surface area (Å²) in [5, 5.41) is 0.727. The molecule has 1 aromatic heterocycles. The number of aromatic nitrogens is 1.